The molecule has 16 heavy (non-hydrogen) atoms. The van der Waals surface area contributed by atoms with Gasteiger partial charge in [-0.1, -0.05) is 36.9 Å². The summed E-state index contributed by atoms with van der Waals surface area (Å²) in [4.78, 5) is 10.4. The molecule has 0 radical (unpaired) electrons. The van der Waals surface area contributed by atoms with E-state index in [1.165, 1.54) is 5.56 Å². The summed E-state index contributed by atoms with van der Waals surface area (Å²) in [6, 6.07) is 10.0. The smallest absolute Gasteiger partial charge is 0.331 e. The summed E-state index contributed by atoms with van der Waals surface area (Å²) in [5.74, 6) is -0.952. The van der Waals surface area contributed by atoms with Crippen molar-refractivity contribution < 1.29 is 14.6 Å². The molecule has 0 atom stereocenters. The average Bonchev–Trinajstić information content (AvgIpc) is 2.29. The van der Waals surface area contributed by atoms with Gasteiger partial charge in [-0.3, -0.25) is 0 Å². The number of benzene rings is 1. The summed E-state index contributed by atoms with van der Waals surface area (Å²) in [6.07, 6.45) is 1.23. The minimum Gasteiger partial charge on any atom is -0.478 e. The predicted molar refractivity (Wildman–Crippen MR) is 62.4 cm³/mol. The van der Waals surface area contributed by atoms with Gasteiger partial charge in [0.2, 0.25) is 0 Å². The monoisotopic (exact) mass is 220 g/mol. The van der Waals surface area contributed by atoms with Crippen LogP contribution in [0.15, 0.2) is 42.5 Å². The molecule has 0 aromatic heterocycles. The fourth-order valence-corrected chi connectivity index (χ4v) is 1.24. The molecule has 0 bridgehead atoms. The van der Waals surface area contributed by atoms with Crippen molar-refractivity contribution in [3.63, 3.8) is 0 Å². The van der Waals surface area contributed by atoms with Gasteiger partial charge in [0.25, 0.3) is 0 Å². The van der Waals surface area contributed by atoms with Crippen LogP contribution in [0.1, 0.15) is 12.0 Å². The molecule has 0 heterocycles. The molecule has 0 saturated heterocycles. The van der Waals surface area contributed by atoms with Crippen LogP contribution in [0.5, 0.6) is 0 Å². The Kier molecular flexibility index (Phi) is 5.29. The van der Waals surface area contributed by atoms with Crippen molar-refractivity contribution in [1.29, 1.82) is 0 Å². The summed E-state index contributed by atoms with van der Waals surface area (Å²) in [6.45, 7) is 4.45. The van der Waals surface area contributed by atoms with Crippen LogP contribution in [0.2, 0.25) is 0 Å². The first-order valence-corrected chi connectivity index (χ1v) is 5.23. The van der Waals surface area contributed by atoms with Crippen molar-refractivity contribution >= 4 is 5.97 Å². The quantitative estimate of drug-likeness (QED) is 0.566. The van der Waals surface area contributed by atoms with Crippen LogP contribution in [0.3, 0.4) is 0 Å². The fraction of sp³-hybridized carbons (Fsp3) is 0.308. The highest BCUT2D eigenvalue weighted by molar-refractivity contribution is 5.85. The molecule has 0 unspecified atom stereocenters. The van der Waals surface area contributed by atoms with Gasteiger partial charge in [0, 0.05) is 12.0 Å². The molecule has 0 aliphatic carbocycles. The predicted octanol–water partition coefficient (Wildman–Crippen LogP) is 2.28. The number of rotatable bonds is 7. The first kappa shape index (κ1) is 12.5. The van der Waals surface area contributed by atoms with Gasteiger partial charge in [-0.25, -0.2) is 4.79 Å². The Morgan fingerprint density at radius 2 is 1.94 bits per heavy atom. The molecule has 0 amide bonds. The van der Waals surface area contributed by atoms with Crippen molar-refractivity contribution in [2.24, 2.45) is 0 Å². The standard InChI is InChI=1S/C13H16O3/c1-11(13(14)15)7-9-16-10-8-12-5-3-2-4-6-12/h2-6H,1,7-10H2,(H,14,15). The van der Waals surface area contributed by atoms with E-state index in [0.29, 0.717) is 19.6 Å². The molecule has 86 valence electrons. The highest BCUT2D eigenvalue weighted by Crippen LogP contribution is 2.01. The van der Waals surface area contributed by atoms with Crippen molar-refractivity contribution in [3.05, 3.63) is 48.0 Å². The molecular weight excluding hydrogens is 204 g/mol. The maximum atomic E-state index is 10.4. The van der Waals surface area contributed by atoms with Gasteiger partial charge in [-0.2, -0.15) is 0 Å². The lowest BCUT2D eigenvalue weighted by atomic mass is 10.2. The van der Waals surface area contributed by atoms with E-state index in [1.54, 1.807) is 0 Å². The second kappa shape index (κ2) is 6.80. The van der Waals surface area contributed by atoms with Gasteiger partial charge in [0.15, 0.2) is 0 Å². The SMILES string of the molecule is C=C(CCOCCc1ccccc1)C(=O)O. The Morgan fingerprint density at radius 3 is 2.56 bits per heavy atom. The zero-order valence-corrected chi connectivity index (χ0v) is 9.19. The lowest BCUT2D eigenvalue weighted by Gasteiger charge is -2.04. The van der Waals surface area contributed by atoms with Crippen molar-refractivity contribution in [2.45, 2.75) is 12.8 Å². The Labute approximate surface area is 95.4 Å². The van der Waals surface area contributed by atoms with E-state index in [4.69, 9.17) is 9.84 Å². The molecule has 1 aromatic rings. The van der Waals surface area contributed by atoms with Crippen molar-refractivity contribution in [1.82, 2.24) is 0 Å². The minimum absolute atomic E-state index is 0.194. The Balaban J connectivity index is 2.09. The topological polar surface area (TPSA) is 46.5 Å². The molecule has 0 aliphatic heterocycles. The van der Waals surface area contributed by atoms with Crippen molar-refractivity contribution in [2.75, 3.05) is 13.2 Å². The molecule has 1 rings (SSSR count). The third-order valence-corrected chi connectivity index (χ3v) is 2.23. The zero-order valence-electron chi connectivity index (χ0n) is 9.19. The number of aliphatic carboxylic acids is 1. The van der Waals surface area contributed by atoms with Gasteiger partial charge < -0.3 is 9.84 Å². The molecule has 0 aliphatic rings. The number of carboxylic acids is 1. The molecule has 3 heteroatoms. The van der Waals surface area contributed by atoms with E-state index >= 15 is 0 Å². The van der Waals surface area contributed by atoms with Crippen LogP contribution in [-0.2, 0) is 16.0 Å². The van der Waals surface area contributed by atoms with Crippen LogP contribution in [0, 0.1) is 0 Å². The summed E-state index contributed by atoms with van der Waals surface area (Å²) < 4.78 is 5.33. The second-order valence-electron chi connectivity index (χ2n) is 3.51. The Hall–Kier alpha value is -1.61. The van der Waals surface area contributed by atoms with Crippen LogP contribution >= 0.6 is 0 Å². The number of hydrogen-bond donors (Lipinski definition) is 1. The number of ether oxygens (including phenoxy) is 1. The number of carbonyl (C=O) groups is 1. The third-order valence-electron chi connectivity index (χ3n) is 2.23. The van der Waals surface area contributed by atoms with Crippen LogP contribution < -0.4 is 0 Å². The van der Waals surface area contributed by atoms with Gasteiger partial charge in [0.05, 0.1) is 13.2 Å². The zero-order chi connectivity index (χ0) is 11.8. The summed E-state index contributed by atoms with van der Waals surface area (Å²) in [7, 11) is 0. The largest absolute Gasteiger partial charge is 0.478 e. The van der Waals surface area contributed by atoms with E-state index in [-0.39, 0.29) is 5.57 Å². The van der Waals surface area contributed by atoms with Crippen LogP contribution in [-0.4, -0.2) is 24.3 Å². The van der Waals surface area contributed by atoms with Crippen LogP contribution in [0.4, 0.5) is 0 Å². The molecule has 1 aromatic carbocycles. The highest BCUT2D eigenvalue weighted by Gasteiger charge is 2.02. The summed E-state index contributed by atoms with van der Waals surface area (Å²) >= 11 is 0. The third kappa shape index (κ3) is 4.75. The maximum absolute atomic E-state index is 10.4. The molecule has 3 nitrogen and oxygen atoms in total. The molecule has 1 N–H and O–H groups in total. The second-order valence-corrected chi connectivity index (χ2v) is 3.51. The fourth-order valence-electron chi connectivity index (χ4n) is 1.24. The van der Waals surface area contributed by atoms with Crippen molar-refractivity contribution in [3.8, 4) is 0 Å². The van der Waals surface area contributed by atoms with E-state index in [0.717, 1.165) is 6.42 Å². The number of carboxylic acid groups (broad SMARTS) is 1. The Morgan fingerprint density at radius 1 is 1.25 bits per heavy atom. The summed E-state index contributed by atoms with van der Waals surface area (Å²) in [5, 5.41) is 8.56. The first-order valence-electron chi connectivity index (χ1n) is 5.23. The summed E-state index contributed by atoms with van der Waals surface area (Å²) in [5.41, 5.74) is 1.42. The van der Waals surface area contributed by atoms with E-state index in [9.17, 15) is 4.79 Å². The maximum Gasteiger partial charge on any atom is 0.331 e. The molecule has 0 spiro atoms. The van der Waals surface area contributed by atoms with E-state index in [1.807, 2.05) is 30.3 Å². The first-order chi connectivity index (χ1) is 7.70. The average molecular weight is 220 g/mol. The van der Waals surface area contributed by atoms with E-state index in [2.05, 4.69) is 6.58 Å². The molecular formula is C13H16O3. The lowest BCUT2D eigenvalue weighted by Crippen LogP contribution is -2.05. The molecule has 0 saturated carbocycles. The number of hydrogen-bond acceptors (Lipinski definition) is 2. The molecule has 0 fully saturated rings. The van der Waals surface area contributed by atoms with Gasteiger partial charge >= 0.3 is 5.97 Å². The Bertz CT molecular complexity index is 343. The highest BCUT2D eigenvalue weighted by atomic mass is 16.5. The van der Waals surface area contributed by atoms with Gasteiger partial charge in [0.1, 0.15) is 0 Å². The lowest BCUT2D eigenvalue weighted by molar-refractivity contribution is -0.132. The minimum atomic E-state index is -0.952. The van der Waals surface area contributed by atoms with Gasteiger partial charge in [-0.15, -0.1) is 0 Å². The normalized spacial score (nSPS) is 10.0. The van der Waals surface area contributed by atoms with Gasteiger partial charge in [-0.05, 0) is 12.0 Å². The van der Waals surface area contributed by atoms with E-state index < -0.39 is 5.97 Å². The van der Waals surface area contributed by atoms with Crippen LogP contribution in [0.25, 0.3) is 0 Å².